The van der Waals surface area contributed by atoms with E-state index in [4.69, 9.17) is 5.11 Å². The van der Waals surface area contributed by atoms with Gasteiger partial charge in [0.25, 0.3) is 0 Å². The smallest absolute Gasteiger partial charge is 0.313 e. The molecule has 0 saturated heterocycles. The molecule has 15 heavy (non-hydrogen) atoms. The average Bonchev–Trinajstić information content (AvgIpc) is 2.59. The minimum Gasteiger partial charge on any atom is -0.481 e. The minimum atomic E-state index is -0.798. The first kappa shape index (κ1) is 10.5. The number of thioether (sulfide) groups is 1. The lowest BCUT2D eigenvalue weighted by molar-refractivity contribution is -0.133. The molecule has 0 bridgehead atoms. The molecule has 2 rings (SSSR count). The van der Waals surface area contributed by atoms with Crippen molar-refractivity contribution in [3.63, 3.8) is 0 Å². The predicted octanol–water partition coefficient (Wildman–Crippen LogP) is 1.96. The van der Waals surface area contributed by atoms with E-state index in [2.05, 4.69) is 16.5 Å². The van der Waals surface area contributed by atoms with Gasteiger partial charge in [0, 0.05) is 17.9 Å². The van der Waals surface area contributed by atoms with Gasteiger partial charge in [-0.1, -0.05) is 11.8 Å². The standard InChI is InChI=1S/C10H14N2O2S/c1-10(3-2-4-10)12-6-5-11-9(12)15-7-8(13)14/h5-6H,2-4,7H2,1H3,(H,13,14). The number of nitrogens with zero attached hydrogens (tertiary/aromatic N) is 2. The third kappa shape index (κ3) is 2.02. The quantitative estimate of drug-likeness (QED) is 0.797. The zero-order valence-corrected chi connectivity index (χ0v) is 9.46. The van der Waals surface area contributed by atoms with E-state index in [-0.39, 0.29) is 11.3 Å². The van der Waals surface area contributed by atoms with E-state index in [9.17, 15) is 4.79 Å². The van der Waals surface area contributed by atoms with Crippen molar-refractivity contribution in [1.82, 2.24) is 9.55 Å². The molecule has 0 spiro atoms. The van der Waals surface area contributed by atoms with Crippen LogP contribution >= 0.6 is 11.8 Å². The van der Waals surface area contributed by atoms with Crippen molar-refractivity contribution in [3.05, 3.63) is 12.4 Å². The molecular weight excluding hydrogens is 212 g/mol. The minimum absolute atomic E-state index is 0.0765. The second-order valence-electron chi connectivity index (χ2n) is 4.11. The summed E-state index contributed by atoms with van der Waals surface area (Å²) >= 11 is 1.29. The lowest BCUT2D eigenvalue weighted by Gasteiger charge is -2.40. The van der Waals surface area contributed by atoms with Gasteiger partial charge in [0.2, 0.25) is 0 Å². The molecule has 1 N–H and O–H groups in total. The van der Waals surface area contributed by atoms with Gasteiger partial charge in [-0.25, -0.2) is 4.98 Å². The first-order chi connectivity index (χ1) is 7.12. The lowest BCUT2D eigenvalue weighted by Crippen LogP contribution is -2.37. The largest absolute Gasteiger partial charge is 0.481 e. The fourth-order valence-corrected chi connectivity index (χ4v) is 2.67. The highest BCUT2D eigenvalue weighted by Gasteiger charge is 2.34. The van der Waals surface area contributed by atoms with Crippen molar-refractivity contribution >= 4 is 17.7 Å². The van der Waals surface area contributed by atoms with Crippen LogP contribution in [0.4, 0.5) is 0 Å². The summed E-state index contributed by atoms with van der Waals surface area (Å²) in [6.07, 6.45) is 7.25. The number of hydrogen-bond donors (Lipinski definition) is 1. The Morgan fingerprint density at radius 2 is 2.47 bits per heavy atom. The molecule has 1 aromatic rings. The summed E-state index contributed by atoms with van der Waals surface area (Å²) in [6.45, 7) is 2.20. The van der Waals surface area contributed by atoms with Crippen LogP contribution in [-0.2, 0) is 10.3 Å². The molecule has 0 unspecified atom stereocenters. The van der Waals surface area contributed by atoms with Crippen molar-refractivity contribution in [2.24, 2.45) is 0 Å². The molecule has 0 amide bonds. The van der Waals surface area contributed by atoms with Crippen molar-refractivity contribution in [3.8, 4) is 0 Å². The highest BCUT2D eigenvalue weighted by atomic mass is 32.2. The zero-order chi connectivity index (χ0) is 10.9. The van der Waals surface area contributed by atoms with Crippen LogP contribution in [0.25, 0.3) is 0 Å². The Labute approximate surface area is 92.7 Å². The second-order valence-corrected chi connectivity index (χ2v) is 5.06. The Hall–Kier alpha value is -0.970. The number of imidazole rings is 1. The highest BCUT2D eigenvalue weighted by molar-refractivity contribution is 7.99. The average molecular weight is 226 g/mol. The van der Waals surface area contributed by atoms with Gasteiger partial charge in [-0.3, -0.25) is 4.79 Å². The van der Waals surface area contributed by atoms with Gasteiger partial charge in [-0.15, -0.1) is 0 Å². The van der Waals surface area contributed by atoms with Crippen LogP contribution in [0.2, 0.25) is 0 Å². The first-order valence-corrected chi connectivity index (χ1v) is 5.99. The summed E-state index contributed by atoms with van der Waals surface area (Å²) in [7, 11) is 0. The number of carbonyl (C=O) groups is 1. The van der Waals surface area contributed by atoms with E-state index in [1.165, 1.54) is 18.2 Å². The van der Waals surface area contributed by atoms with Crippen LogP contribution in [0.3, 0.4) is 0 Å². The summed E-state index contributed by atoms with van der Waals surface area (Å²) in [5, 5.41) is 9.44. The van der Waals surface area contributed by atoms with E-state index < -0.39 is 5.97 Å². The Balaban J connectivity index is 2.11. The van der Waals surface area contributed by atoms with E-state index in [0.29, 0.717) is 0 Å². The molecule has 5 heteroatoms. The maximum Gasteiger partial charge on any atom is 0.313 e. The number of aromatic nitrogens is 2. The Bertz CT molecular complexity index is 371. The van der Waals surface area contributed by atoms with Gasteiger partial charge in [-0.05, 0) is 26.2 Å². The summed E-state index contributed by atoms with van der Waals surface area (Å²) in [6, 6.07) is 0. The Kier molecular flexibility index (Phi) is 2.73. The number of hydrogen-bond acceptors (Lipinski definition) is 3. The zero-order valence-electron chi connectivity index (χ0n) is 8.64. The van der Waals surface area contributed by atoms with Crippen molar-refractivity contribution in [2.45, 2.75) is 36.9 Å². The van der Waals surface area contributed by atoms with Gasteiger partial charge in [-0.2, -0.15) is 0 Å². The summed E-state index contributed by atoms with van der Waals surface area (Å²) in [5.41, 5.74) is 0.164. The van der Waals surface area contributed by atoms with E-state index in [1.807, 2.05) is 6.20 Å². The van der Waals surface area contributed by atoms with Gasteiger partial charge in [0.1, 0.15) is 0 Å². The van der Waals surface area contributed by atoms with E-state index in [0.717, 1.165) is 18.0 Å². The molecule has 1 heterocycles. The molecule has 1 saturated carbocycles. The van der Waals surface area contributed by atoms with Crippen LogP contribution < -0.4 is 0 Å². The highest BCUT2D eigenvalue weighted by Crippen LogP contribution is 2.40. The van der Waals surface area contributed by atoms with Gasteiger partial charge in [0.15, 0.2) is 5.16 Å². The molecule has 0 aromatic carbocycles. The van der Waals surface area contributed by atoms with Crippen LogP contribution in [0.15, 0.2) is 17.6 Å². The van der Waals surface area contributed by atoms with Crippen molar-refractivity contribution in [1.29, 1.82) is 0 Å². The van der Waals surface area contributed by atoms with E-state index >= 15 is 0 Å². The van der Waals surface area contributed by atoms with Gasteiger partial charge < -0.3 is 9.67 Å². The first-order valence-electron chi connectivity index (χ1n) is 5.00. The third-order valence-corrected chi connectivity index (χ3v) is 3.90. The van der Waals surface area contributed by atoms with Gasteiger partial charge >= 0.3 is 5.97 Å². The van der Waals surface area contributed by atoms with Gasteiger partial charge in [0.05, 0.1) is 5.75 Å². The second kappa shape index (κ2) is 3.89. The monoisotopic (exact) mass is 226 g/mol. The molecule has 0 atom stereocenters. The third-order valence-electron chi connectivity index (χ3n) is 2.94. The Morgan fingerprint density at radius 1 is 1.73 bits per heavy atom. The maximum atomic E-state index is 10.5. The lowest BCUT2D eigenvalue weighted by atomic mass is 9.78. The number of carboxylic acid groups (broad SMARTS) is 1. The molecule has 1 aliphatic rings. The Morgan fingerprint density at radius 3 is 3.00 bits per heavy atom. The molecule has 1 fully saturated rings. The number of aliphatic carboxylic acids is 1. The predicted molar refractivity (Wildman–Crippen MR) is 58.1 cm³/mol. The van der Waals surface area contributed by atoms with E-state index in [1.54, 1.807) is 6.20 Å². The molecule has 0 aliphatic heterocycles. The summed E-state index contributed by atoms with van der Waals surface area (Å²) in [5.74, 6) is -0.721. The molecule has 0 radical (unpaired) electrons. The fourth-order valence-electron chi connectivity index (χ4n) is 1.86. The molecule has 82 valence electrons. The SMILES string of the molecule is CC1(n2ccnc2SCC(=O)O)CCC1. The molecule has 4 nitrogen and oxygen atoms in total. The van der Waals surface area contributed by atoms with Crippen molar-refractivity contribution in [2.75, 3.05) is 5.75 Å². The van der Waals surface area contributed by atoms with Crippen LogP contribution in [0.5, 0.6) is 0 Å². The summed E-state index contributed by atoms with van der Waals surface area (Å²) in [4.78, 5) is 14.7. The number of carboxylic acids is 1. The molecule has 1 aliphatic carbocycles. The van der Waals surface area contributed by atoms with Crippen LogP contribution in [0.1, 0.15) is 26.2 Å². The normalized spacial score (nSPS) is 18.5. The van der Waals surface area contributed by atoms with Crippen LogP contribution in [0, 0.1) is 0 Å². The van der Waals surface area contributed by atoms with Crippen LogP contribution in [-0.4, -0.2) is 26.4 Å². The summed E-state index contributed by atoms with van der Waals surface area (Å²) < 4.78 is 2.12. The number of rotatable bonds is 4. The molecular formula is C10H14N2O2S. The topological polar surface area (TPSA) is 55.1 Å². The van der Waals surface area contributed by atoms with Crippen molar-refractivity contribution < 1.29 is 9.90 Å². The fraction of sp³-hybridized carbons (Fsp3) is 0.600. The molecule has 1 aromatic heterocycles. The maximum absolute atomic E-state index is 10.5.